The number of nitrogens with one attached hydrogen (secondary N) is 2. The number of thioether (sulfide) groups is 1. The van der Waals surface area contributed by atoms with Crippen molar-refractivity contribution in [1.82, 2.24) is 9.97 Å². The summed E-state index contributed by atoms with van der Waals surface area (Å²) in [6.07, 6.45) is 0.518. The molecular weight excluding hydrogens is 314 g/mol. The minimum atomic E-state index is -0.480. The van der Waals surface area contributed by atoms with Crippen LogP contribution in [0.2, 0.25) is 0 Å². The molecule has 0 radical (unpaired) electrons. The average Bonchev–Trinajstić information content (AvgIpc) is 2.52. The molecule has 1 aromatic carbocycles. The van der Waals surface area contributed by atoms with E-state index < -0.39 is 5.25 Å². The molecule has 0 aliphatic heterocycles. The molecule has 0 saturated heterocycles. The topological polar surface area (TPSA) is 125 Å². The Bertz CT molecular complexity index is 812. The zero-order valence-electron chi connectivity index (χ0n) is 12.4. The summed E-state index contributed by atoms with van der Waals surface area (Å²) in [6, 6.07) is 9.95. The number of carbonyl (C=O) groups is 1. The lowest BCUT2D eigenvalue weighted by molar-refractivity contribution is -0.115. The van der Waals surface area contributed by atoms with Crippen molar-refractivity contribution < 1.29 is 4.79 Å². The summed E-state index contributed by atoms with van der Waals surface area (Å²) in [4.78, 5) is 30.3. The molecule has 0 aliphatic rings. The Morgan fingerprint density at radius 1 is 1.52 bits per heavy atom. The molecule has 0 unspecified atom stereocenters. The number of hydrogen-bond acceptors (Lipinski definition) is 6. The summed E-state index contributed by atoms with van der Waals surface area (Å²) >= 11 is 1.12. The van der Waals surface area contributed by atoms with Crippen LogP contribution in [0.5, 0.6) is 0 Å². The van der Waals surface area contributed by atoms with Crippen molar-refractivity contribution >= 4 is 29.2 Å². The lowest BCUT2D eigenvalue weighted by atomic mass is 10.2. The molecule has 0 fully saturated rings. The van der Waals surface area contributed by atoms with E-state index in [0.717, 1.165) is 11.8 Å². The van der Waals surface area contributed by atoms with Crippen molar-refractivity contribution in [2.75, 3.05) is 11.1 Å². The molecule has 0 aliphatic carbocycles. The monoisotopic (exact) mass is 329 g/mol. The van der Waals surface area contributed by atoms with Crippen molar-refractivity contribution in [3.63, 3.8) is 0 Å². The van der Waals surface area contributed by atoms with Crippen LogP contribution in [0.1, 0.15) is 18.9 Å². The van der Waals surface area contributed by atoms with Gasteiger partial charge in [0.05, 0.1) is 16.5 Å². The maximum Gasteiger partial charge on any atom is 0.253 e. The van der Waals surface area contributed by atoms with Gasteiger partial charge in [0.15, 0.2) is 5.16 Å². The lowest BCUT2D eigenvalue weighted by Crippen LogP contribution is -2.25. The van der Waals surface area contributed by atoms with Gasteiger partial charge >= 0.3 is 0 Å². The van der Waals surface area contributed by atoms with Gasteiger partial charge in [-0.1, -0.05) is 30.8 Å². The Hall–Kier alpha value is -2.79. The number of carbonyl (C=O) groups excluding carboxylic acids is 1. The van der Waals surface area contributed by atoms with E-state index in [9.17, 15) is 9.59 Å². The van der Waals surface area contributed by atoms with Crippen LogP contribution in [0.15, 0.2) is 40.3 Å². The number of aromatic amines is 1. The van der Waals surface area contributed by atoms with Crippen LogP contribution in [0.3, 0.4) is 0 Å². The van der Waals surface area contributed by atoms with Crippen LogP contribution in [0, 0.1) is 11.3 Å². The van der Waals surface area contributed by atoms with E-state index in [2.05, 4.69) is 15.3 Å². The smallest absolute Gasteiger partial charge is 0.253 e. The van der Waals surface area contributed by atoms with Gasteiger partial charge in [-0.15, -0.1) is 0 Å². The third-order valence-corrected chi connectivity index (χ3v) is 4.21. The predicted molar refractivity (Wildman–Crippen MR) is 89.0 cm³/mol. The van der Waals surface area contributed by atoms with E-state index in [-0.39, 0.29) is 22.4 Å². The number of anilines is 2. The number of aromatic nitrogens is 2. The van der Waals surface area contributed by atoms with Crippen molar-refractivity contribution in [1.29, 1.82) is 5.26 Å². The first kappa shape index (κ1) is 16.6. The Labute approximate surface area is 136 Å². The molecule has 2 rings (SSSR count). The van der Waals surface area contributed by atoms with Gasteiger partial charge in [0.1, 0.15) is 11.9 Å². The first-order valence-corrected chi connectivity index (χ1v) is 7.75. The minimum absolute atomic E-state index is 0.0985. The standard InChI is InChI=1S/C15H15N5O2S/c1-2-11(23-15-19-12(17)7-13(21)20-15)14(22)18-10-6-4-3-5-9(10)8-16/h3-7,11H,2H2,1H3,(H,18,22)(H3,17,19,20,21)/t11-/m0/s1. The SMILES string of the molecule is CC[C@H](Sc1nc(N)cc(=O)[nH]1)C(=O)Nc1ccccc1C#N. The number of para-hydroxylation sites is 1. The number of nitriles is 1. The highest BCUT2D eigenvalue weighted by Crippen LogP contribution is 2.24. The van der Waals surface area contributed by atoms with E-state index in [1.807, 2.05) is 13.0 Å². The number of benzene rings is 1. The maximum atomic E-state index is 12.4. The van der Waals surface area contributed by atoms with Crippen LogP contribution in [-0.2, 0) is 4.79 Å². The fourth-order valence-corrected chi connectivity index (χ4v) is 2.79. The fraction of sp³-hybridized carbons (Fsp3) is 0.200. The molecule has 1 atom stereocenters. The quantitative estimate of drug-likeness (QED) is 0.567. The average molecular weight is 329 g/mol. The minimum Gasteiger partial charge on any atom is -0.383 e. The van der Waals surface area contributed by atoms with Crippen molar-refractivity contribution in [3.8, 4) is 6.07 Å². The summed E-state index contributed by atoms with van der Waals surface area (Å²) in [5.74, 6) is -0.174. The van der Waals surface area contributed by atoms with Gasteiger partial charge in [0.2, 0.25) is 5.91 Å². The Kier molecular flexibility index (Phi) is 5.38. The largest absolute Gasteiger partial charge is 0.383 e. The molecular formula is C15H15N5O2S. The number of H-pyrrole nitrogens is 1. The van der Waals surface area contributed by atoms with E-state index in [1.54, 1.807) is 24.3 Å². The number of nitrogens with two attached hydrogens (primary N) is 1. The van der Waals surface area contributed by atoms with Gasteiger partial charge < -0.3 is 16.0 Å². The molecule has 4 N–H and O–H groups in total. The Balaban J connectivity index is 2.15. The van der Waals surface area contributed by atoms with Crippen molar-refractivity contribution in [3.05, 3.63) is 46.2 Å². The van der Waals surface area contributed by atoms with Gasteiger partial charge in [-0.25, -0.2) is 4.98 Å². The molecule has 1 amide bonds. The van der Waals surface area contributed by atoms with E-state index >= 15 is 0 Å². The third kappa shape index (κ3) is 4.34. The molecule has 7 nitrogen and oxygen atoms in total. The number of rotatable bonds is 5. The zero-order chi connectivity index (χ0) is 16.8. The van der Waals surface area contributed by atoms with Crippen molar-refractivity contribution in [2.24, 2.45) is 0 Å². The first-order chi connectivity index (χ1) is 11.0. The van der Waals surface area contributed by atoms with Crippen LogP contribution in [-0.4, -0.2) is 21.1 Å². The lowest BCUT2D eigenvalue weighted by Gasteiger charge is -2.14. The predicted octanol–water partition coefficient (Wildman–Crippen LogP) is 1.73. The van der Waals surface area contributed by atoms with Gasteiger partial charge in [-0.05, 0) is 18.6 Å². The number of nitrogen functional groups attached to an aromatic ring is 1. The first-order valence-electron chi connectivity index (χ1n) is 6.87. The van der Waals surface area contributed by atoms with Crippen LogP contribution in [0.25, 0.3) is 0 Å². The highest BCUT2D eigenvalue weighted by molar-refractivity contribution is 8.00. The Morgan fingerprint density at radius 2 is 2.26 bits per heavy atom. The van der Waals surface area contributed by atoms with Crippen LogP contribution in [0.4, 0.5) is 11.5 Å². The summed E-state index contributed by atoms with van der Waals surface area (Å²) < 4.78 is 0. The van der Waals surface area contributed by atoms with E-state index in [1.165, 1.54) is 6.07 Å². The summed E-state index contributed by atoms with van der Waals surface area (Å²) in [5, 5.41) is 11.6. The van der Waals surface area contributed by atoms with Gasteiger partial charge in [-0.2, -0.15) is 5.26 Å². The van der Waals surface area contributed by atoms with Crippen molar-refractivity contribution in [2.45, 2.75) is 23.8 Å². The van der Waals surface area contributed by atoms with Crippen LogP contribution >= 0.6 is 11.8 Å². The number of hydrogen-bond donors (Lipinski definition) is 3. The van der Waals surface area contributed by atoms with E-state index in [4.69, 9.17) is 11.0 Å². The van der Waals surface area contributed by atoms with Crippen LogP contribution < -0.4 is 16.6 Å². The molecule has 0 bridgehead atoms. The zero-order valence-corrected chi connectivity index (χ0v) is 13.2. The van der Waals surface area contributed by atoms with Gasteiger partial charge in [0.25, 0.3) is 5.56 Å². The second-order valence-corrected chi connectivity index (χ2v) is 5.83. The summed E-state index contributed by atoms with van der Waals surface area (Å²) in [7, 11) is 0. The molecule has 23 heavy (non-hydrogen) atoms. The third-order valence-electron chi connectivity index (χ3n) is 2.96. The van der Waals surface area contributed by atoms with Gasteiger partial charge in [-0.3, -0.25) is 9.59 Å². The molecule has 0 saturated carbocycles. The van der Waals surface area contributed by atoms with Gasteiger partial charge in [0, 0.05) is 6.07 Å². The Morgan fingerprint density at radius 3 is 2.91 bits per heavy atom. The second-order valence-electron chi connectivity index (χ2n) is 4.64. The summed E-state index contributed by atoms with van der Waals surface area (Å²) in [5.41, 5.74) is 6.00. The fourth-order valence-electron chi connectivity index (χ4n) is 1.87. The normalized spacial score (nSPS) is 11.5. The molecule has 1 aromatic heterocycles. The molecule has 2 aromatic rings. The number of nitrogens with zero attached hydrogens (tertiary/aromatic N) is 2. The molecule has 0 spiro atoms. The highest BCUT2D eigenvalue weighted by atomic mass is 32.2. The highest BCUT2D eigenvalue weighted by Gasteiger charge is 2.20. The molecule has 118 valence electrons. The summed E-state index contributed by atoms with van der Waals surface area (Å²) in [6.45, 7) is 1.85. The maximum absolute atomic E-state index is 12.4. The molecule has 8 heteroatoms. The molecule has 1 heterocycles. The van der Waals surface area contributed by atoms with E-state index in [0.29, 0.717) is 17.7 Å². The second kappa shape index (κ2) is 7.47. The number of amides is 1.